The second kappa shape index (κ2) is 8.21. The van der Waals surface area contributed by atoms with E-state index in [2.05, 4.69) is 23.2 Å². The topological polar surface area (TPSA) is 73.0 Å². The summed E-state index contributed by atoms with van der Waals surface area (Å²) in [6.07, 6.45) is 3.56. The SMILES string of the molecule is Cc1cc(NC(=O)CCN2C(=O)c3ccccc3N3C(=O)CCC23C)ccc1N1CCCC1. The van der Waals surface area contributed by atoms with Gasteiger partial charge >= 0.3 is 0 Å². The van der Waals surface area contributed by atoms with Crippen LogP contribution in [0.2, 0.25) is 0 Å². The molecule has 7 nitrogen and oxygen atoms in total. The molecule has 1 atom stereocenters. The Labute approximate surface area is 194 Å². The molecule has 0 radical (unpaired) electrons. The highest BCUT2D eigenvalue weighted by atomic mass is 16.2. The first-order valence-corrected chi connectivity index (χ1v) is 11.8. The van der Waals surface area contributed by atoms with Crippen LogP contribution in [0.1, 0.15) is 54.9 Å². The van der Waals surface area contributed by atoms with Crippen molar-refractivity contribution in [3.8, 4) is 0 Å². The number of benzene rings is 2. The van der Waals surface area contributed by atoms with Crippen molar-refractivity contribution in [3.05, 3.63) is 53.6 Å². The number of amides is 3. The zero-order valence-corrected chi connectivity index (χ0v) is 19.3. The smallest absolute Gasteiger partial charge is 0.257 e. The van der Waals surface area contributed by atoms with Gasteiger partial charge in [-0.2, -0.15) is 0 Å². The lowest BCUT2D eigenvalue weighted by molar-refractivity contribution is -0.117. The summed E-state index contributed by atoms with van der Waals surface area (Å²) < 4.78 is 0. The molecule has 3 heterocycles. The van der Waals surface area contributed by atoms with Gasteiger partial charge < -0.3 is 15.1 Å². The average Bonchev–Trinajstić information content (AvgIpc) is 3.42. The molecule has 172 valence electrons. The number of anilines is 3. The zero-order chi connectivity index (χ0) is 23.2. The summed E-state index contributed by atoms with van der Waals surface area (Å²) in [5.74, 6) is -0.257. The number of aryl methyl sites for hydroxylation is 1. The van der Waals surface area contributed by atoms with Crippen LogP contribution in [0.5, 0.6) is 0 Å². The third kappa shape index (κ3) is 3.65. The standard InChI is InChI=1S/C26H30N4O3/c1-18-17-19(9-10-21(18)28-14-5-6-15-28)27-23(31)12-16-29-25(33)20-7-3-4-8-22(20)30-24(32)11-13-26(29,30)2/h3-4,7-10,17H,5-6,11-16H2,1-2H3,(H,27,31). The van der Waals surface area contributed by atoms with Gasteiger partial charge in [-0.05, 0) is 69.0 Å². The molecule has 7 heteroatoms. The van der Waals surface area contributed by atoms with Crippen LogP contribution < -0.4 is 15.1 Å². The van der Waals surface area contributed by atoms with E-state index in [1.165, 1.54) is 18.5 Å². The molecular formula is C26H30N4O3. The molecule has 3 aliphatic heterocycles. The molecule has 0 bridgehead atoms. The van der Waals surface area contributed by atoms with Crippen LogP contribution in [0.25, 0.3) is 0 Å². The van der Waals surface area contributed by atoms with Crippen molar-refractivity contribution in [3.63, 3.8) is 0 Å². The summed E-state index contributed by atoms with van der Waals surface area (Å²) in [6.45, 7) is 6.41. The van der Waals surface area contributed by atoms with Crippen LogP contribution in [-0.2, 0) is 9.59 Å². The lowest BCUT2D eigenvalue weighted by atomic mass is 9.98. The predicted octanol–water partition coefficient (Wildman–Crippen LogP) is 3.92. The monoisotopic (exact) mass is 446 g/mol. The summed E-state index contributed by atoms with van der Waals surface area (Å²) in [7, 11) is 0. The van der Waals surface area contributed by atoms with Crippen molar-refractivity contribution in [1.82, 2.24) is 4.90 Å². The molecular weight excluding hydrogens is 416 g/mol. The lowest BCUT2D eigenvalue weighted by Crippen LogP contribution is -2.62. The van der Waals surface area contributed by atoms with E-state index in [1.807, 2.05) is 31.2 Å². The Morgan fingerprint density at radius 1 is 1.06 bits per heavy atom. The van der Waals surface area contributed by atoms with Gasteiger partial charge in [0.05, 0.1) is 11.3 Å². The van der Waals surface area contributed by atoms with Crippen molar-refractivity contribution in [2.24, 2.45) is 0 Å². The summed E-state index contributed by atoms with van der Waals surface area (Å²) >= 11 is 0. The van der Waals surface area contributed by atoms with E-state index < -0.39 is 5.66 Å². The van der Waals surface area contributed by atoms with Crippen LogP contribution in [0.4, 0.5) is 17.1 Å². The largest absolute Gasteiger partial charge is 0.371 e. The lowest BCUT2D eigenvalue weighted by Gasteiger charge is -2.48. The van der Waals surface area contributed by atoms with Crippen LogP contribution in [0.15, 0.2) is 42.5 Å². The molecule has 2 aromatic rings. The first kappa shape index (κ1) is 21.5. The van der Waals surface area contributed by atoms with Gasteiger partial charge in [-0.1, -0.05) is 12.1 Å². The Balaban J connectivity index is 1.29. The number of fused-ring (bicyclic) bond motifs is 3. The Morgan fingerprint density at radius 3 is 2.58 bits per heavy atom. The fraction of sp³-hybridized carbons (Fsp3) is 0.423. The number of para-hydroxylation sites is 1. The first-order chi connectivity index (χ1) is 15.9. The molecule has 0 aromatic heterocycles. The quantitative estimate of drug-likeness (QED) is 0.756. The van der Waals surface area contributed by atoms with Gasteiger partial charge in [0.2, 0.25) is 11.8 Å². The molecule has 1 N–H and O–H groups in total. The molecule has 2 fully saturated rings. The second-order valence-electron chi connectivity index (χ2n) is 9.41. The number of carbonyl (C=O) groups excluding carboxylic acids is 3. The Hall–Kier alpha value is -3.35. The zero-order valence-electron chi connectivity index (χ0n) is 19.3. The van der Waals surface area contributed by atoms with Crippen molar-refractivity contribution in [2.75, 3.05) is 34.8 Å². The van der Waals surface area contributed by atoms with Gasteiger partial charge in [0.1, 0.15) is 5.66 Å². The number of hydrogen-bond acceptors (Lipinski definition) is 4. The molecule has 0 spiro atoms. The fourth-order valence-electron chi connectivity index (χ4n) is 5.52. The number of rotatable bonds is 5. The van der Waals surface area contributed by atoms with Crippen LogP contribution in [0.3, 0.4) is 0 Å². The van der Waals surface area contributed by atoms with Gasteiger partial charge in [0, 0.05) is 43.9 Å². The van der Waals surface area contributed by atoms with E-state index in [1.54, 1.807) is 21.9 Å². The van der Waals surface area contributed by atoms with E-state index in [4.69, 9.17) is 0 Å². The van der Waals surface area contributed by atoms with Crippen molar-refractivity contribution in [2.45, 2.75) is 51.6 Å². The summed E-state index contributed by atoms with van der Waals surface area (Å²) in [6, 6.07) is 13.3. The molecule has 2 saturated heterocycles. The Kier molecular flexibility index (Phi) is 5.35. The molecule has 3 amide bonds. The maximum absolute atomic E-state index is 13.3. The van der Waals surface area contributed by atoms with Crippen molar-refractivity contribution in [1.29, 1.82) is 0 Å². The third-order valence-electron chi connectivity index (χ3n) is 7.24. The highest BCUT2D eigenvalue weighted by molar-refractivity contribution is 6.10. The number of nitrogens with one attached hydrogen (secondary N) is 1. The predicted molar refractivity (Wildman–Crippen MR) is 128 cm³/mol. The minimum absolute atomic E-state index is 0.0143. The molecule has 5 rings (SSSR count). The molecule has 33 heavy (non-hydrogen) atoms. The van der Waals surface area contributed by atoms with E-state index in [0.29, 0.717) is 24.1 Å². The molecule has 0 saturated carbocycles. The minimum Gasteiger partial charge on any atom is -0.371 e. The summed E-state index contributed by atoms with van der Waals surface area (Å²) in [5, 5.41) is 2.98. The van der Waals surface area contributed by atoms with Gasteiger partial charge in [-0.25, -0.2) is 0 Å². The fourth-order valence-corrected chi connectivity index (χ4v) is 5.52. The first-order valence-electron chi connectivity index (χ1n) is 11.8. The molecule has 1 unspecified atom stereocenters. The van der Waals surface area contributed by atoms with Crippen LogP contribution in [-0.4, -0.2) is 47.9 Å². The van der Waals surface area contributed by atoms with E-state index >= 15 is 0 Å². The molecule has 3 aliphatic rings. The van der Waals surface area contributed by atoms with Gasteiger partial charge in [0.15, 0.2) is 0 Å². The summed E-state index contributed by atoms with van der Waals surface area (Å²) in [4.78, 5) is 44.6. The molecule has 0 aliphatic carbocycles. The van der Waals surface area contributed by atoms with Crippen molar-refractivity contribution >= 4 is 34.8 Å². The highest BCUT2D eigenvalue weighted by Gasteiger charge is 2.52. The highest BCUT2D eigenvalue weighted by Crippen LogP contribution is 2.44. The van der Waals surface area contributed by atoms with E-state index in [9.17, 15) is 14.4 Å². The number of hydrogen-bond donors (Lipinski definition) is 1. The van der Waals surface area contributed by atoms with Gasteiger partial charge in [-0.3, -0.25) is 19.3 Å². The van der Waals surface area contributed by atoms with E-state index in [0.717, 1.165) is 24.3 Å². The third-order valence-corrected chi connectivity index (χ3v) is 7.24. The Bertz CT molecular complexity index is 1120. The number of nitrogens with zero attached hydrogens (tertiary/aromatic N) is 3. The van der Waals surface area contributed by atoms with Crippen LogP contribution in [0, 0.1) is 6.92 Å². The van der Waals surface area contributed by atoms with E-state index in [-0.39, 0.29) is 30.7 Å². The second-order valence-corrected chi connectivity index (χ2v) is 9.41. The van der Waals surface area contributed by atoms with Crippen LogP contribution >= 0.6 is 0 Å². The van der Waals surface area contributed by atoms with Gasteiger partial charge in [-0.15, -0.1) is 0 Å². The Morgan fingerprint density at radius 2 is 1.82 bits per heavy atom. The molecule has 2 aromatic carbocycles. The van der Waals surface area contributed by atoms with Gasteiger partial charge in [0.25, 0.3) is 5.91 Å². The maximum atomic E-state index is 13.3. The average molecular weight is 447 g/mol. The maximum Gasteiger partial charge on any atom is 0.257 e. The normalized spacial score (nSPS) is 21.9. The van der Waals surface area contributed by atoms with Crippen molar-refractivity contribution < 1.29 is 14.4 Å². The summed E-state index contributed by atoms with van der Waals surface area (Å²) in [5.41, 5.74) is 3.57. The minimum atomic E-state index is -0.739. The number of carbonyl (C=O) groups is 3.